The third-order valence-corrected chi connectivity index (χ3v) is 26.1. The first-order chi connectivity index (χ1) is 46.1. The fraction of sp³-hybridized carbons (Fsp3) is 0.100. The summed E-state index contributed by atoms with van der Waals surface area (Å²) in [6, 6.07) is 103. The van der Waals surface area contributed by atoms with Gasteiger partial charge in [-0.2, -0.15) is 0 Å². The number of nitrogens with one attached hydrogen (secondary N) is 1. The molecule has 16 rings (SSSR count). The van der Waals surface area contributed by atoms with Crippen molar-refractivity contribution in [3.8, 4) is 68.2 Å². The fourth-order valence-electron chi connectivity index (χ4n) is 12.1. The first-order valence-corrected chi connectivity index (χ1v) is 36.5. The van der Waals surface area contributed by atoms with Crippen LogP contribution in [-0.2, 0) is 39.0 Å². The van der Waals surface area contributed by atoms with Gasteiger partial charge in [-0.1, -0.05) is 257 Å². The Morgan fingerprint density at radius 2 is 0.390 bits per heavy atom. The van der Waals surface area contributed by atoms with Gasteiger partial charge in [0.05, 0.1) is 0 Å². The molecule has 0 amide bonds. The average Bonchev–Trinajstić information content (AvgIpc) is 1.51. The Hall–Kier alpha value is -6.58. The van der Waals surface area contributed by atoms with Gasteiger partial charge in [0.1, 0.15) is 0 Å². The molecule has 100 heavy (non-hydrogen) atoms. The van der Waals surface area contributed by atoms with Crippen LogP contribution in [-0.4, -0.2) is 40.3 Å². The molecule has 0 fully saturated rings. The van der Waals surface area contributed by atoms with E-state index >= 15 is 0 Å². The molecular formula is C80H67Cl5NO8P4Ru2-. The molecule has 512 valence electrons. The standard InChI is InChI=1S/2C38H28O4P2.C4H11N.5ClH.2Ru/c2*1-5-13-27(14-6-1)43(28-15-7-2-8-16-28)33-23-21-31-37(41-25-39-31)35(33)36-34(24-22-32-38(36)42-26-40-32)44(29-17-9-3-10-18-29)30-19-11-4-12-20-30;1-3-5-4-2;;;;;;;/h2*1-24H,25-26H2;5H,3-4H2,1-2H3;5*1H;;/q;;;;;;;;2*+2/p-5. The Bertz CT molecular complexity index is 3780. The Morgan fingerprint density at radius 3 is 0.530 bits per heavy atom. The van der Waals surface area contributed by atoms with Gasteiger partial charge in [0, 0.05) is 22.3 Å². The van der Waals surface area contributed by atoms with Crippen LogP contribution in [0, 0.1) is 0 Å². The smallest absolute Gasteiger partial charge is 1.00 e. The Balaban J connectivity index is 0.000000247. The van der Waals surface area contributed by atoms with Gasteiger partial charge in [0.2, 0.25) is 27.2 Å². The second kappa shape index (κ2) is 39.2. The summed E-state index contributed by atoms with van der Waals surface area (Å²) < 4.78 is 49.5. The maximum atomic E-state index is 6.35. The summed E-state index contributed by atoms with van der Waals surface area (Å²) in [6.45, 7) is 7.09. The normalized spacial score (nSPS) is 11.9. The van der Waals surface area contributed by atoms with E-state index in [0.717, 1.165) is 81.3 Å². The van der Waals surface area contributed by atoms with Crippen molar-refractivity contribution in [2.75, 3.05) is 40.3 Å². The first-order valence-electron chi connectivity index (χ1n) is 31.2. The van der Waals surface area contributed by atoms with Gasteiger partial charge in [0.25, 0.3) is 0 Å². The van der Waals surface area contributed by atoms with E-state index in [9.17, 15) is 0 Å². The van der Waals surface area contributed by atoms with Crippen LogP contribution in [0.3, 0.4) is 0 Å². The van der Waals surface area contributed by atoms with Crippen molar-refractivity contribution in [2.24, 2.45) is 0 Å². The van der Waals surface area contributed by atoms with Crippen molar-refractivity contribution in [3.63, 3.8) is 0 Å². The maximum absolute atomic E-state index is 6.35. The number of rotatable bonds is 16. The minimum Gasteiger partial charge on any atom is -1.00 e. The fourth-order valence-corrected chi connectivity index (χ4v) is 22.0. The summed E-state index contributed by atoms with van der Waals surface area (Å²) in [7, 11) is -3.87. The molecule has 12 aromatic carbocycles. The minimum atomic E-state index is -0.968. The summed E-state index contributed by atoms with van der Waals surface area (Å²) in [5, 5.41) is 17.9. The van der Waals surface area contributed by atoms with Crippen molar-refractivity contribution in [1.82, 2.24) is 5.32 Å². The Labute approximate surface area is 647 Å². The predicted octanol–water partition coefficient (Wildman–Crippen LogP) is -1.71. The number of ether oxygens (including phenoxy) is 8. The van der Waals surface area contributed by atoms with E-state index in [4.69, 9.17) is 37.9 Å². The molecule has 0 aromatic heterocycles. The topological polar surface area (TPSA) is 85.9 Å². The summed E-state index contributed by atoms with van der Waals surface area (Å²) in [5.74, 6) is 5.98. The first kappa shape index (κ1) is 80.7. The van der Waals surface area contributed by atoms with Gasteiger partial charge in [-0.25, -0.2) is 0 Å². The molecule has 4 aliphatic heterocycles. The van der Waals surface area contributed by atoms with E-state index in [-0.39, 0.29) is 128 Å². The monoisotopic (exact) mass is 1670 g/mol. The number of benzene rings is 12. The van der Waals surface area contributed by atoms with Gasteiger partial charge in [-0.3, -0.25) is 0 Å². The molecular weight excluding hydrogens is 1610 g/mol. The van der Waals surface area contributed by atoms with Crippen molar-refractivity contribution in [2.45, 2.75) is 13.8 Å². The quantitative estimate of drug-likeness (QED) is 0.0900. The molecule has 0 spiro atoms. The second-order valence-electron chi connectivity index (χ2n) is 21.8. The minimum absolute atomic E-state index is 0. The summed E-state index contributed by atoms with van der Waals surface area (Å²) in [6.07, 6.45) is 0. The summed E-state index contributed by atoms with van der Waals surface area (Å²) >= 11 is 0. The van der Waals surface area contributed by atoms with Crippen molar-refractivity contribution in [3.05, 3.63) is 291 Å². The number of halogens is 5. The van der Waals surface area contributed by atoms with E-state index in [1.165, 1.54) is 63.7 Å². The molecule has 12 aromatic rings. The average molecular weight is 1670 g/mol. The van der Waals surface area contributed by atoms with Gasteiger partial charge in [-0.15, -0.1) is 0 Å². The molecule has 9 nitrogen and oxygen atoms in total. The zero-order valence-corrected chi connectivity index (χ0v) is 64.9. The number of hydrogen-bond donors (Lipinski definition) is 1. The van der Waals surface area contributed by atoms with Crippen LogP contribution in [0.5, 0.6) is 46.0 Å². The van der Waals surface area contributed by atoms with E-state index < -0.39 is 31.7 Å². The molecule has 4 aliphatic rings. The van der Waals surface area contributed by atoms with E-state index in [0.29, 0.717) is 0 Å². The van der Waals surface area contributed by atoms with Crippen LogP contribution >= 0.6 is 31.7 Å². The molecule has 4 heterocycles. The van der Waals surface area contributed by atoms with E-state index in [2.05, 4.69) is 310 Å². The molecule has 0 bridgehead atoms. The Kier molecular flexibility index (Phi) is 31.6. The van der Waals surface area contributed by atoms with Gasteiger partial charge in [0.15, 0.2) is 46.0 Å². The SMILES string of the molecule is CCNCC.[Cl-].[Cl-].[Cl-].[Cl-].[Cl-].[Ru+2].[Ru+2].c1ccc(P(c2ccccc2)c2ccc3c(c2-c2c(P(c4ccccc4)c4ccccc4)ccc4c2OCO4)OCO3)cc1.c1ccc(P(c2ccccc2)c2ccc3c(c2-c2c(P(c4ccccc4)c4ccccc4)ccc4c2OCO4)OCO3)cc1. The third kappa shape index (κ3) is 17.4. The van der Waals surface area contributed by atoms with Crippen molar-refractivity contribution >= 4 is 95.3 Å². The summed E-state index contributed by atoms with van der Waals surface area (Å²) in [5.41, 5.74) is 4.04. The zero-order chi connectivity index (χ0) is 62.7. The van der Waals surface area contributed by atoms with Crippen LogP contribution in [0.15, 0.2) is 291 Å². The van der Waals surface area contributed by atoms with Crippen molar-refractivity contribution in [1.29, 1.82) is 0 Å². The number of fused-ring (bicyclic) bond motifs is 4. The zero-order valence-electron chi connectivity index (χ0n) is 54.1. The second-order valence-corrected chi connectivity index (χ2v) is 30.5. The van der Waals surface area contributed by atoms with Crippen LogP contribution in [0.2, 0.25) is 0 Å². The van der Waals surface area contributed by atoms with Gasteiger partial charge in [-0.05, 0) is 157 Å². The molecule has 0 aliphatic carbocycles. The number of hydrogen-bond acceptors (Lipinski definition) is 9. The van der Waals surface area contributed by atoms with Gasteiger partial charge >= 0.3 is 39.0 Å². The Morgan fingerprint density at radius 1 is 0.230 bits per heavy atom. The van der Waals surface area contributed by atoms with E-state index in [1.807, 2.05) is 0 Å². The molecule has 1 N–H and O–H groups in total. The molecule has 0 atom stereocenters. The largest absolute Gasteiger partial charge is 2.00 e. The van der Waals surface area contributed by atoms with Crippen LogP contribution in [0.1, 0.15) is 13.8 Å². The molecule has 0 unspecified atom stereocenters. The van der Waals surface area contributed by atoms with Crippen LogP contribution < -0.4 is 169 Å². The third-order valence-electron chi connectivity index (χ3n) is 16.1. The van der Waals surface area contributed by atoms with Gasteiger partial charge < -0.3 is 105 Å². The predicted molar refractivity (Wildman–Crippen MR) is 387 cm³/mol. The van der Waals surface area contributed by atoms with Crippen LogP contribution in [0.4, 0.5) is 0 Å². The van der Waals surface area contributed by atoms with E-state index in [1.54, 1.807) is 0 Å². The summed E-state index contributed by atoms with van der Waals surface area (Å²) in [4.78, 5) is 0. The van der Waals surface area contributed by atoms with Crippen molar-refractivity contribution < 1.29 is 139 Å². The molecule has 20 heteroatoms. The molecule has 0 saturated heterocycles. The van der Waals surface area contributed by atoms with Crippen LogP contribution in [0.25, 0.3) is 22.3 Å². The molecule has 0 saturated carbocycles. The molecule has 0 radical (unpaired) electrons. The maximum Gasteiger partial charge on any atom is 2.00 e.